The number of esters is 1. The van der Waals surface area contributed by atoms with Gasteiger partial charge in [0, 0.05) is 6.20 Å². The molecule has 0 aromatic carbocycles. The summed E-state index contributed by atoms with van der Waals surface area (Å²) in [5.74, 6) is -1.86. The normalized spacial score (nSPS) is 11.4. The molecule has 2 rings (SSSR count). The third-order valence-electron chi connectivity index (χ3n) is 2.20. The lowest BCUT2D eigenvalue weighted by atomic mass is 10.2. The number of nitrogens with zero attached hydrogens (tertiary/aromatic N) is 3. The first kappa shape index (κ1) is 14.0. The standard InChI is InChI=1S/C11H8F3N3O3/c1-2-19-10(18)9-16-8(17-20-9)7-6(11(12,13)14)4-3-5-15-7/h3-5H,2H2,1H3. The number of hydrogen-bond acceptors (Lipinski definition) is 6. The maximum atomic E-state index is 12.8. The van der Waals surface area contributed by atoms with E-state index in [9.17, 15) is 18.0 Å². The van der Waals surface area contributed by atoms with Crippen LogP contribution in [0.15, 0.2) is 22.9 Å². The number of pyridine rings is 1. The number of carbonyl (C=O) groups is 1. The molecule has 0 N–H and O–H groups in total. The van der Waals surface area contributed by atoms with Crippen LogP contribution >= 0.6 is 0 Å². The van der Waals surface area contributed by atoms with Crippen molar-refractivity contribution in [2.75, 3.05) is 6.61 Å². The molecule has 0 aliphatic heterocycles. The summed E-state index contributed by atoms with van der Waals surface area (Å²) < 4.78 is 47.6. The summed E-state index contributed by atoms with van der Waals surface area (Å²) in [6.45, 7) is 1.64. The maximum Gasteiger partial charge on any atom is 0.418 e. The van der Waals surface area contributed by atoms with Gasteiger partial charge in [-0.15, -0.1) is 0 Å². The van der Waals surface area contributed by atoms with Gasteiger partial charge in [-0.25, -0.2) is 4.79 Å². The van der Waals surface area contributed by atoms with Crippen LogP contribution in [0.4, 0.5) is 13.2 Å². The molecule has 0 atom stereocenters. The van der Waals surface area contributed by atoms with Gasteiger partial charge in [0.1, 0.15) is 5.69 Å². The highest BCUT2D eigenvalue weighted by molar-refractivity contribution is 5.84. The fourth-order valence-corrected chi connectivity index (χ4v) is 1.41. The molecule has 0 spiro atoms. The molecular weight excluding hydrogens is 279 g/mol. The average Bonchev–Trinajstić information content (AvgIpc) is 2.87. The summed E-state index contributed by atoms with van der Waals surface area (Å²) in [6, 6.07) is 1.97. The van der Waals surface area contributed by atoms with Crippen LogP contribution in [0, 0.1) is 0 Å². The minimum Gasteiger partial charge on any atom is -0.459 e. The van der Waals surface area contributed by atoms with Gasteiger partial charge in [0.25, 0.3) is 0 Å². The number of alkyl halides is 3. The molecule has 20 heavy (non-hydrogen) atoms. The Morgan fingerprint density at radius 1 is 1.45 bits per heavy atom. The zero-order chi connectivity index (χ0) is 14.8. The molecule has 0 unspecified atom stereocenters. The second kappa shape index (κ2) is 5.27. The van der Waals surface area contributed by atoms with Gasteiger partial charge in [0.2, 0.25) is 5.82 Å². The Morgan fingerprint density at radius 3 is 2.85 bits per heavy atom. The van der Waals surface area contributed by atoms with Crippen LogP contribution in [0.2, 0.25) is 0 Å². The largest absolute Gasteiger partial charge is 0.459 e. The molecule has 0 saturated heterocycles. The van der Waals surface area contributed by atoms with Gasteiger partial charge in [-0.05, 0) is 19.1 Å². The van der Waals surface area contributed by atoms with Crippen LogP contribution in [0.25, 0.3) is 11.5 Å². The van der Waals surface area contributed by atoms with Crippen LogP contribution < -0.4 is 0 Å². The molecular formula is C11H8F3N3O3. The number of rotatable bonds is 3. The molecule has 0 bridgehead atoms. The summed E-state index contributed by atoms with van der Waals surface area (Å²) in [6.07, 6.45) is -3.46. The van der Waals surface area contributed by atoms with E-state index in [-0.39, 0.29) is 6.61 Å². The highest BCUT2D eigenvalue weighted by Gasteiger charge is 2.35. The molecule has 9 heteroatoms. The molecule has 2 aromatic heterocycles. The van der Waals surface area contributed by atoms with Crippen LogP contribution in [0.5, 0.6) is 0 Å². The van der Waals surface area contributed by atoms with E-state index in [0.717, 1.165) is 18.3 Å². The minimum atomic E-state index is -4.62. The smallest absolute Gasteiger partial charge is 0.418 e. The Morgan fingerprint density at radius 2 is 2.20 bits per heavy atom. The number of halogens is 3. The van der Waals surface area contributed by atoms with E-state index >= 15 is 0 Å². The Labute approximate surface area is 110 Å². The zero-order valence-electron chi connectivity index (χ0n) is 10.1. The summed E-state index contributed by atoms with van der Waals surface area (Å²) in [4.78, 5) is 18.4. The second-order valence-corrected chi connectivity index (χ2v) is 3.54. The fourth-order valence-electron chi connectivity index (χ4n) is 1.41. The number of carbonyl (C=O) groups excluding carboxylic acids is 1. The summed E-state index contributed by atoms with van der Waals surface area (Å²) in [5, 5.41) is 3.31. The first-order chi connectivity index (χ1) is 9.43. The van der Waals surface area contributed by atoms with Crippen LogP contribution in [-0.4, -0.2) is 27.7 Å². The highest BCUT2D eigenvalue weighted by atomic mass is 19.4. The zero-order valence-corrected chi connectivity index (χ0v) is 10.1. The predicted octanol–water partition coefficient (Wildman–Crippen LogP) is 2.33. The topological polar surface area (TPSA) is 78.1 Å². The fraction of sp³-hybridized carbons (Fsp3) is 0.273. The van der Waals surface area contributed by atoms with Gasteiger partial charge in [-0.1, -0.05) is 5.16 Å². The molecule has 6 nitrogen and oxygen atoms in total. The van der Waals surface area contributed by atoms with E-state index in [1.807, 2.05) is 0 Å². The van der Waals surface area contributed by atoms with Crippen LogP contribution in [0.1, 0.15) is 23.2 Å². The molecule has 0 amide bonds. The lowest BCUT2D eigenvalue weighted by Crippen LogP contribution is -2.09. The molecule has 106 valence electrons. The Bertz CT molecular complexity index is 625. The lowest BCUT2D eigenvalue weighted by molar-refractivity contribution is -0.137. The Kier molecular flexibility index (Phi) is 3.68. The van der Waals surface area contributed by atoms with Crippen molar-refractivity contribution in [2.24, 2.45) is 0 Å². The van der Waals surface area contributed by atoms with Gasteiger partial charge >= 0.3 is 18.0 Å². The molecule has 0 fully saturated rings. The first-order valence-corrected chi connectivity index (χ1v) is 5.47. The second-order valence-electron chi connectivity index (χ2n) is 3.54. The summed E-state index contributed by atoms with van der Waals surface area (Å²) in [5.41, 5.74) is -1.53. The number of hydrogen-bond donors (Lipinski definition) is 0. The SMILES string of the molecule is CCOC(=O)c1nc(-c2ncccc2C(F)(F)F)no1. The Balaban J connectivity index is 2.41. The third kappa shape index (κ3) is 2.76. The Hall–Kier alpha value is -2.45. The molecule has 2 aromatic rings. The van der Waals surface area contributed by atoms with Gasteiger partial charge in [0.05, 0.1) is 12.2 Å². The number of aromatic nitrogens is 3. The summed E-state index contributed by atoms with van der Waals surface area (Å²) in [7, 11) is 0. The van der Waals surface area contributed by atoms with Crippen LogP contribution in [0.3, 0.4) is 0 Å². The van der Waals surface area contributed by atoms with Crippen molar-refractivity contribution in [1.82, 2.24) is 15.1 Å². The van der Waals surface area contributed by atoms with E-state index < -0.39 is 35.1 Å². The van der Waals surface area contributed by atoms with E-state index in [2.05, 4.69) is 24.4 Å². The minimum absolute atomic E-state index is 0.0773. The first-order valence-electron chi connectivity index (χ1n) is 5.47. The van der Waals surface area contributed by atoms with Gasteiger partial charge in [-0.2, -0.15) is 18.2 Å². The van der Waals surface area contributed by atoms with Crippen molar-refractivity contribution in [1.29, 1.82) is 0 Å². The van der Waals surface area contributed by atoms with Crippen molar-refractivity contribution in [2.45, 2.75) is 13.1 Å². The van der Waals surface area contributed by atoms with Gasteiger partial charge < -0.3 is 9.26 Å². The average molecular weight is 287 g/mol. The third-order valence-corrected chi connectivity index (χ3v) is 2.20. The monoisotopic (exact) mass is 287 g/mol. The van der Waals surface area contributed by atoms with E-state index in [1.165, 1.54) is 0 Å². The van der Waals surface area contributed by atoms with Crippen molar-refractivity contribution >= 4 is 5.97 Å². The lowest BCUT2D eigenvalue weighted by Gasteiger charge is -2.08. The maximum absolute atomic E-state index is 12.8. The van der Waals surface area contributed by atoms with E-state index in [0.29, 0.717) is 0 Å². The molecule has 0 radical (unpaired) electrons. The predicted molar refractivity (Wildman–Crippen MR) is 58.5 cm³/mol. The highest BCUT2D eigenvalue weighted by Crippen LogP contribution is 2.34. The van der Waals surface area contributed by atoms with E-state index in [4.69, 9.17) is 0 Å². The van der Waals surface area contributed by atoms with Crippen LogP contribution in [-0.2, 0) is 10.9 Å². The molecule has 0 aliphatic rings. The molecule has 0 saturated carbocycles. The van der Waals surface area contributed by atoms with Crippen molar-refractivity contribution in [3.8, 4) is 11.5 Å². The van der Waals surface area contributed by atoms with Gasteiger partial charge in [0.15, 0.2) is 0 Å². The molecule has 0 aliphatic carbocycles. The van der Waals surface area contributed by atoms with Crippen molar-refractivity contribution < 1.29 is 27.2 Å². The van der Waals surface area contributed by atoms with E-state index in [1.54, 1.807) is 6.92 Å². The number of ether oxygens (including phenoxy) is 1. The summed E-state index contributed by atoms with van der Waals surface area (Å²) >= 11 is 0. The van der Waals surface area contributed by atoms with Crippen molar-refractivity contribution in [3.05, 3.63) is 29.8 Å². The molecule has 2 heterocycles. The van der Waals surface area contributed by atoms with Gasteiger partial charge in [-0.3, -0.25) is 4.98 Å². The van der Waals surface area contributed by atoms with Crippen molar-refractivity contribution in [3.63, 3.8) is 0 Å². The quantitative estimate of drug-likeness (QED) is 0.806.